The van der Waals surface area contributed by atoms with E-state index in [9.17, 15) is 5.11 Å². The highest BCUT2D eigenvalue weighted by atomic mass is 32.2. The lowest BCUT2D eigenvalue weighted by Gasteiger charge is -2.44. The largest absolute Gasteiger partial charge is 0.395 e. The Morgan fingerprint density at radius 3 is 2.74 bits per heavy atom. The first-order valence-corrected chi connectivity index (χ1v) is 9.07. The number of aliphatic hydroxyl groups is 1. The lowest BCUT2D eigenvalue weighted by molar-refractivity contribution is -0.0964. The maximum atomic E-state index is 9.41. The van der Waals surface area contributed by atoms with Crippen molar-refractivity contribution in [3.8, 4) is 0 Å². The number of aliphatic hydroxyl groups excluding tert-OH is 1. The Labute approximate surface area is 121 Å². The fourth-order valence-electron chi connectivity index (χ4n) is 4.16. The molecule has 2 atom stereocenters. The van der Waals surface area contributed by atoms with Gasteiger partial charge in [-0.05, 0) is 37.9 Å². The van der Waals surface area contributed by atoms with E-state index in [1.807, 2.05) is 11.8 Å². The molecule has 0 radical (unpaired) electrons. The van der Waals surface area contributed by atoms with Crippen molar-refractivity contribution in [2.75, 3.05) is 31.3 Å². The van der Waals surface area contributed by atoms with Gasteiger partial charge in [-0.25, -0.2) is 0 Å². The van der Waals surface area contributed by atoms with Crippen LogP contribution in [0.15, 0.2) is 0 Å². The first kappa shape index (κ1) is 14.2. The van der Waals surface area contributed by atoms with E-state index in [1.165, 1.54) is 50.0 Å². The molecule has 1 aliphatic carbocycles. The van der Waals surface area contributed by atoms with Crippen molar-refractivity contribution in [1.82, 2.24) is 4.90 Å². The van der Waals surface area contributed by atoms with Gasteiger partial charge in [-0.15, -0.1) is 0 Å². The number of hydrogen-bond donors (Lipinski definition) is 1. The molecule has 2 heterocycles. The Bertz CT molecular complexity index is 288. The fraction of sp³-hybridized carbons (Fsp3) is 1.00. The molecule has 2 unspecified atom stereocenters. The van der Waals surface area contributed by atoms with E-state index in [1.54, 1.807) is 0 Å². The second-order valence-corrected chi connectivity index (χ2v) is 7.49. The Morgan fingerprint density at radius 1 is 1.21 bits per heavy atom. The van der Waals surface area contributed by atoms with Gasteiger partial charge in [-0.2, -0.15) is 11.8 Å². The van der Waals surface area contributed by atoms with Gasteiger partial charge in [0.05, 0.1) is 12.2 Å². The molecular formula is C15H27NO2S. The predicted molar refractivity (Wildman–Crippen MR) is 79.7 cm³/mol. The zero-order valence-electron chi connectivity index (χ0n) is 11.9. The van der Waals surface area contributed by atoms with Crippen molar-refractivity contribution in [2.45, 2.75) is 62.6 Å². The molecule has 3 rings (SSSR count). The van der Waals surface area contributed by atoms with Crippen LogP contribution in [-0.4, -0.2) is 59.0 Å². The molecule has 1 saturated carbocycles. The SMILES string of the molecule is OCCN(C1CCCC1)C1CCOC2(CCSC2)C1. The van der Waals surface area contributed by atoms with Gasteiger partial charge in [0, 0.05) is 31.0 Å². The third-order valence-corrected chi connectivity index (χ3v) is 6.38. The minimum atomic E-state index is 0.167. The van der Waals surface area contributed by atoms with Gasteiger partial charge in [0.15, 0.2) is 0 Å². The molecule has 0 aromatic heterocycles. The maximum absolute atomic E-state index is 9.41. The van der Waals surface area contributed by atoms with Crippen molar-refractivity contribution < 1.29 is 9.84 Å². The fourth-order valence-corrected chi connectivity index (χ4v) is 5.54. The molecule has 19 heavy (non-hydrogen) atoms. The normalized spacial score (nSPS) is 36.6. The van der Waals surface area contributed by atoms with Crippen LogP contribution < -0.4 is 0 Å². The minimum absolute atomic E-state index is 0.167. The number of nitrogens with zero attached hydrogens (tertiary/aromatic N) is 1. The van der Waals surface area contributed by atoms with E-state index in [2.05, 4.69) is 4.90 Å². The van der Waals surface area contributed by atoms with Crippen LogP contribution in [0.2, 0.25) is 0 Å². The third-order valence-electron chi connectivity index (χ3n) is 5.16. The molecule has 2 saturated heterocycles. The molecular weight excluding hydrogens is 258 g/mol. The molecule has 0 aromatic rings. The summed E-state index contributed by atoms with van der Waals surface area (Å²) in [6.07, 6.45) is 8.98. The average Bonchev–Trinajstić information content (AvgIpc) is 3.08. The highest BCUT2D eigenvalue weighted by Crippen LogP contribution is 2.40. The van der Waals surface area contributed by atoms with Crippen molar-refractivity contribution in [3.63, 3.8) is 0 Å². The molecule has 0 bridgehead atoms. The molecule has 1 N–H and O–H groups in total. The zero-order chi connectivity index (χ0) is 13.1. The zero-order valence-corrected chi connectivity index (χ0v) is 12.7. The van der Waals surface area contributed by atoms with Gasteiger partial charge >= 0.3 is 0 Å². The van der Waals surface area contributed by atoms with E-state index < -0.39 is 0 Å². The van der Waals surface area contributed by atoms with Gasteiger partial charge in [-0.1, -0.05) is 12.8 Å². The van der Waals surface area contributed by atoms with Crippen LogP contribution in [0.1, 0.15) is 44.9 Å². The summed E-state index contributed by atoms with van der Waals surface area (Å²) in [5.74, 6) is 2.44. The van der Waals surface area contributed by atoms with Gasteiger partial charge in [0.25, 0.3) is 0 Å². The van der Waals surface area contributed by atoms with Crippen molar-refractivity contribution in [2.24, 2.45) is 0 Å². The lowest BCUT2D eigenvalue weighted by atomic mass is 9.88. The maximum Gasteiger partial charge on any atom is 0.0795 e. The third kappa shape index (κ3) is 3.12. The summed E-state index contributed by atoms with van der Waals surface area (Å²) in [6.45, 7) is 2.08. The number of thioether (sulfide) groups is 1. The summed E-state index contributed by atoms with van der Waals surface area (Å²) in [7, 11) is 0. The molecule has 4 heteroatoms. The lowest BCUT2D eigenvalue weighted by Crippen LogP contribution is -2.52. The van der Waals surface area contributed by atoms with Gasteiger partial charge < -0.3 is 9.84 Å². The molecule has 0 amide bonds. The summed E-state index contributed by atoms with van der Waals surface area (Å²) in [4.78, 5) is 2.63. The molecule has 1 spiro atoms. The second-order valence-electron chi connectivity index (χ2n) is 6.38. The van der Waals surface area contributed by atoms with Gasteiger partial charge in [0.1, 0.15) is 0 Å². The molecule has 110 valence electrons. The molecule has 3 fully saturated rings. The Kier molecular flexibility index (Phi) is 4.73. The molecule has 3 aliphatic rings. The van der Waals surface area contributed by atoms with Crippen LogP contribution in [0.25, 0.3) is 0 Å². The van der Waals surface area contributed by atoms with Crippen molar-refractivity contribution >= 4 is 11.8 Å². The topological polar surface area (TPSA) is 32.7 Å². The molecule has 2 aliphatic heterocycles. The number of rotatable bonds is 4. The van der Waals surface area contributed by atoms with Crippen LogP contribution in [0.3, 0.4) is 0 Å². The Morgan fingerprint density at radius 2 is 2.05 bits per heavy atom. The summed E-state index contributed by atoms with van der Waals surface area (Å²) < 4.78 is 6.14. The predicted octanol–water partition coefficient (Wildman–Crippen LogP) is 2.28. The van der Waals surface area contributed by atoms with Crippen molar-refractivity contribution in [1.29, 1.82) is 0 Å². The van der Waals surface area contributed by atoms with Crippen LogP contribution in [0.5, 0.6) is 0 Å². The first-order chi connectivity index (χ1) is 9.33. The van der Waals surface area contributed by atoms with E-state index >= 15 is 0 Å². The van der Waals surface area contributed by atoms with Crippen LogP contribution >= 0.6 is 11.8 Å². The highest BCUT2D eigenvalue weighted by Gasteiger charge is 2.43. The summed E-state index contributed by atoms with van der Waals surface area (Å²) in [6, 6.07) is 1.36. The van der Waals surface area contributed by atoms with E-state index in [4.69, 9.17) is 4.74 Å². The van der Waals surface area contributed by atoms with E-state index in [0.29, 0.717) is 12.6 Å². The van der Waals surface area contributed by atoms with E-state index in [-0.39, 0.29) is 5.60 Å². The first-order valence-electron chi connectivity index (χ1n) is 7.91. The van der Waals surface area contributed by atoms with Crippen molar-refractivity contribution in [3.05, 3.63) is 0 Å². The van der Waals surface area contributed by atoms with Gasteiger partial charge in [-0.3, -0.25) is 4.90 Å². The quantitative estimate of drug-likeness (QED) is 0.859. The highest BCUT2D eigenvalue weighted by molar-refractivity contribution is 7.99. The monoisotopic (exact) mass is 285 g/mol. The minimum Gasteiger partial charge on any atom is -0.395 e. The Hall–Kier alpha value is 0.230. The summed E-state index contributed by atoms with van der Waals surface area (Å²) in [5, 5.41) is 9.41. The average molecular weight is 285 g/mol. The molecule has 3 nitrogen and oxygen atoms in total. The van der Waals surface area contributed by atoms with Crippen LogP contribution in [0, 0.1) is 0 Å². The van der Waals surface area contributed by atoms with Crippen LogP contribution in [-0.2, 0) is 4.74 Å². The second kappa shape index (κ2) is 6.33. The summed E-state index contributed by atoms with van der Waals surface area (Å²) >= 11 is 2.05. The van der Waals surface area contributed by atoms with Crippen LogP contribution in [0.4, 0.5) is 0 Å². The summed E-state index contributed by atoms with van der Waals surface area (Å²) in [5.41, 5.74) is 0.167. The standard InChI is InChI=1S/C15H27NO2S/c17-8-7-16(13-3-1-2-4-13)14-5-9-18-15(11-14)6-10-19-12-15/h13-14,17H,1-12H2. The van der Waals surface area contributed by atoms with E-state index in [0.717, 1.165) is 25.6 Å². The number of ether oxygens (including phenoxy) is 1. The smallest absolute Gasteiger partial charge is 0.0795 e. The van der Waals surface area contributed by atoms with Gasteiger partial charge in [0.2, 0.25) is 0 Å². The Balaban J connectivity index is 1.66. The number of hydrogen-bond acceptors (Lipinski definition) is 4. The molecule has 0 aromatic carbocycles.